The van der Waals surface area contributed by atoms with Gasteiger partial charge in [-0.2, -0.15) is 0 Å². The molecule has 3 N–H and O–H groups in total. The van der Waals surface area contributed by atoms with Crippen molar-refractivity contribution in [3.05, 3.63) is 52.4 Å². The minimum Gasteiger partial charge on any atom is -0.459 e. The summed E-state index contributed by atoms with van der Waals surface area (Å²) in [6.45, 7) is 2.45. The molecule has 0 saturated carbocycles. The van der Waals surface area contributed by atoms with Crippen LogP contribution in [0.3, 0.4) is 0 Å². The predicted molar refractivity (Wildman–Crippen MR) is 110 cm³/mol. The highest BCUT2D eigenvalue weighted by Crippen LogP contribution is 2.29. The number of carbonyl (C=O) groups is 2. The van der Waals surface area contributed by atoms with E-state index in [4.69, 9.17) is 10.2 Å². The third kappa shape index (κ3) is 4.11. The third-order valence-corrected chi connectivity index (χ3v) is 5.17. The lowest BCUT2D eigenvalue weighted by atomic mass is 10.1. The van der Waals surface area contributed by atoms with Gasteiger partial charge in [0, 0.05) is 51.1 Å². The molecule has 1 fully saturated rings. The van der Waals surface area contributed by atoms with Crippen molar-refractivity contribution in [3.63, 3.8) is 0 Å². The molecule has 0 aliphatic carbocycles. The molecule has 4 heterocycles. The average molecular weight is 409 g/mol. The fraction of sp³-hybridized carbons (Fsp3) is 0.333. The largest absolute Gasteiger partial charge is 0.459 e. The van der Waals surface area contributed by atoms with E-state index in [1.54, 1.807) is 37.6 Å². The summed E-state index contributed by atoms with van der Waals surface area (Å²) in [5.74, 6) is 0.244. The van der Waals surface area contributed by atoms with Gasteiger partial charge in [-0.15, -0.1) is 0 Å². The summed E-state index contributed by atoms with van der Waals surface area (Å²) in [5, 5.41) is 3.34. The third-order valence-electron chi connectivity index (χ3n) is 5.17. The second kappa shape index (κ2) is 8.11. The molecule has 0 unspecified atom stereocenters. The van der Waals surface area contributed by atoms with Crippen LogP contribution in [0.25, 0.3) is 22.1 Å². The monoisotopic (exact) mass is 409 g/mol. The molecule has 3 aromatic heterocycles. The van der Waals surface area contributed by atoms with Gasteiger partial charge in [-0.1, -0.05) is 0 Å². The van der Waals surface area contributed by atoms with Crippen LogP contribution in [-0.2, 0) is 29.6 Å². The van der Waals surface area contributed by atoms with Crippen molar-refractivity contribution in [2.24, 2.45) is 12.8 Å². The van der Waals surface area contributed by atoms with E-state index in [-0.39, 0.29) is 17.9 Å². The zero-order valence-electron chi connectivity index (χ0n) is 16.7. The highest BCUT2D eigenvalue weighted by molar-refractivity contribution is 5.92. The molecule has 3 aromatic rings. The van der Waals surface area contributed by atoms with Crippen LogP contribution >= 0.6 is 0 Å². The van der Waals surface area contributed by atoms with Crippen LogP contribution in [0, 0.1) is 0 Å². The molecule has 0 radical (unpaired) electrons. The van der Waals surface area contributed by atoms with Crippen LogP contribution in [0.2, 0.25) is 0 Å². The minimum atomic E-state index is -0.462. The molecular formula is C21H23N5O4. The number of carbonyl (C=O) groups excluding carboxylic acids is 2. The first-order valence-electron chi connectivity index (χ1n) is 9.75. The number of rotatable bonds is 5. The van der Waals surface area contributed by atoms with Crippen LogP contribution in [0.15, 0.2) is 39.8 Å². The number of hydrogen-bond acceptors (Lipinski definition) is 6. The Morgan fingerprint density at radius 1 is 1.30 bits per heavy atom. The Balaban J connectivity index is 1.73. The van der Waals surface area contributed by atoms with Crippen molar-refractivity contribution in [1.29, 1.82) is 0 Å². The van der Waals surface area contributed by atoms with Crippen molar-refractivity contribution in [3.8, 4) is 11.1 Å². The summed E-state index contributed by atoms with van der Waals surface area (Å²) in [4.78, 5) is 41.8. The number of aryl methyl sites for hydroxylation is 1. The molecule has 0 spiro atoms. The minimum absolute atomic E-state index is 0.0356. The first-order chi connectivity index (χ1) is 14.4. The van der Waals surface area contributed by atoms with Gasteiger partial charge in [0.05, 0.1) is 24.0 Å². The van der Waals surface area contributed by atoms with E-state index in [0.29, 0.717) is 55.0 Å². The van der Waals surface area contributed by atoms with Gasteiger partial charge < -0.3 is 20.0 Å². The molecule has 9 nitrogen and oxygen atoms in total. The maximum absolute atomic E-state index is 12.7. The van der Waals surface area contributed by atoms with Gasteiger partial charge in [-0.25, -0.2) is 0 Å². The molecule has 0 aromatic carbocycles. The number of aromatic nitrogens is 2. The second-order valence-corrected chi connectivity index (χ2v) is 7.47. The predicted octanol–water partition coefficient (Wildman–Crippen LogP) is 0.543. The van der Waals surface area contributed by atoms with E-state index in [2.05, 4.69) is 15.2 Å². The summed E-state index contributed by atoms with van der Waals surface area (Å²) in [5.41, 5.74) is 7.70. The molecule has 2 amide bonds. The Kier molecular flexibility index (Phi) is 5.37. The zero-order chi connectivity index (χ0) is 21.3. The zero-order valence-corrected chi connectivity index (χ0v) is 16.7. The fourth-order valence-corrected chi connectivity index (χ4v) is 3.70. The van der Waals surface area contributed by atoms with Crippen molar-refractivity contribution >= 4 is 22.8 Å². The van der Waals surface area contributed by atoms with Gasteiger partial charge in [0.1, 0.15) is 11.3 Å². The number of nitrogens with zero attached hydrogens (tertiary/aromatic N) is 3. The Morgan fingerprint density at radius 2 is 2.13 bits per heavy atom. The van der Waals surface area contributed by atoms with Crippen LogP contribution in [-0.4, -0.2) is 45.9 Å². The van der Waals surface area contributed by atoms with Crippen molar-refractivity contribution in [2.75, 3.05) is 19.6 Å². The molecule has 4 rings (SSSR count). The number of amides is 2. The first-order valence-corrected chi connectivity index (χ1v) is 9.75. The molecule has 30 heavy (non-hydrogen) atoms. The van der Waals surface area contributed by atoms with Crippen molar-refractivity contribution < 1.29 is 14.0 Å². The van der Waals surface area contributed by atoms with Gasteiger partial charge in [0.2, 0.25) is 11.8 Å². The topological polar surface area (TPSA) is 123 Å². The maximum atomic E-state index is 12.7. The fourth-order valence-electron chi connectivity index (χ4n) is 3.70. The standard InChI is InChI=1S/C21H23N5O4/c1-25-12-17(13-2-4-23-14(8-13)9-18(22)27)20-16(21(25)29)10-15(30-20)11-26-6-3-19(28)24-5-7-26/h2,4,8,10,12H,3,5-7,9,11H2,1H3,(H2,22,27)(H,24,28). The summed E-state index contributed by atoms with van der Waals surface area (Å²) in [7, 11) is 1.69. The maximum Gasteiger partial charge on any atom is 0.261 e. The molecule has 1 saturated heterocycles. The van der Waals surface area contributed by atoms with E-state index in [1.165, 1.54) is 4.57 Å². The first kappa shape index (κ1) is 19.8. The Morgan fingerprint density at radius 3 is 2.93 bits per heavy atom. The molecule has 1 aliphatic rings. The number of hydrogen-bond donors (Lipinski definition) is 2. The average Bonchev–Trinajstić information content (AvgIpc) is 3.01. The molecule has 9 heteroatoms. The van der Waals surface area contributed by atoms with Gasteiger partial charge in [0.15, 0.2) is 0 Å². The van der Waals surface area contributed by atoms with Crippen molar-refractivity contribution in [1.82, 2.24) is 19.8 Å². The van der Waals surface area contributed by atoms with Crippen LogP contribution in [0.1, 0.15) is 17.9 Å². The summed E-state index contributed by atoms with van der Waals surface area (Å²) >= 11 is 0. The van der Waals surface area contributed by atoms with Gasteiger partial charge in [-0.05, 0) is 23.8 Å². The lowest BCUT2D eigenvalue weighted by Crippen LogP contribution is -2.28. The SMILES string of the molecule is Cn1cc(-c2ccnc(CC(N)=O)c2)c2oc(CN3CCNC(=O)CC3)cc2c1=O. The van der Waals surface area contributed by atoms with Gasteiger partial charge in [-0.3, -0.25) is 24.3 Å². The highest BCUT2D eigenvalue weighted by atomic mass is 16.3. The van der Waals surface area contributed by atoms with Crippen molar-refractivity contribution in [2.45, 2.75) is 19.4 Å². The Hall–Kier alpha value is -3.46. The van der Waals surface area contributed by atoms with E-state index < -0.39 is 5.91 Å². The molecule has 1 aliphatic heterocycles. The van der Waals surface area contributed by atoms with Gasteiger partial charge in [0.25, 0.3) is 5.56 Å². The molecular weight excluding hydrogens is 386 g/mol. The molecule has 0 atom stereocenters. The smallest absolute Gasteiger partial charge is 0.261 e. The van der Waals surface area contributed by atoms with Crippen LogP contribution < -0.4 is 16.6 Å². The van der Waals surface area contributed by atoms with Gasteiger partial charge >= 0.3 is 0 Å². The second-order valence-electron chi connectivity index (χ2n) is 7.47. The number of primary amides is 1. The normalized spacial score (nSPS) is 15.2. The lowest BCUT2D eigenvalue weighted by Gasteiger charge is -2.16. The summed E-state index contributed by atoms with van der Waals surface area (Å²) < 4.78 is 7.62. The number of furan rings is 1. The number of pyridine rings is 2. The van der Waals surface area contributed by atoms with E-state index in [0.717, 1.165) is 11.1 Å². The number of nitrogens with two attached hydrogens (primary N) is 1. The van der Waals surface area contributed by atoms with E-state index in [9.17, 15) is 14.4 Å². The van der Waals surface area contributed by atoms with E-state index >= 15 is 0 Å². The number of nitrogens with one attached hydrogen (secondary N) is 1. The Bertz CT molecular complexity index is 1180. The summed E-state index contributed by atoms with van der Waals surface area (Å²) in [6, 6.07) is 5.35. The molecule has 156 valence electrons. The Labute approximate surface area is 172 Å². The molecule has 0 bridgehead atoms. The van der Waals surface area contributed by atoms with E-state index in [1.807, 2.05) is 0 Å². The number of fused-ring (bicyclic) bond motifs is 1. The van der Waals surface area contributed by atoms with Crippen LogP contribution in [0.5, 0.6) is 0 Å². The summed E-state index contributed by atoms with van der Waals surface area (Å²) in [6.07, 6.45) is 3.80. The highest BCUT2D eigenvalue weighted by Gasteiger charge is 2.19. The lowest BCUT2D eigenvalue weighted by molar-refractivity contribution is -0.120. The van der Waals surface area contributed by atoms with Crippen LogP contribution in [0.4, 0.5) is 0 Å². The quantitative estimate of drug-likeness (QED) is 0.634.